The normalized spacial score (nSPS) is 25.1. The Balaban J connectivity index is 1.03. The number of allylic oxidation sites excluding steroid dienone is 2. The molecule has 0 spiro atoms. The van der Waals surface area contributed by atoms with Crippen LogP contribution in [0.5, 0.6) is 0 Å². The summed E-state index contributed by atoms with van der Waals surface area (Å²) in [4.78, 5) is 31.4. The number of nitrogens with one attached hydrogen (secondary N) is 2. The van der Waals surface area contributed by atoms with Crippen molar-refractivity contribution in [3.63, 3.8) is 0 Å². The summed E-state index contributed by atoms with van der Waals surface area (Å²) in [6.07, 6.45) is 14.9. The number of piperidine rings is 1. The molecule has 0 bridgehead atoms. The van der Waals surface area contributed by atoms with Crippen molar-refractivity contribution in [2.45, 2.75) is 56.7 Å². The van der Waals surface area contributed by atoms with E-state index in [1.165, 1.54) is 24.2 Å². The number of pyridine rings is 2. The third-order valence-corrected chi connectivity index (χ3v) is 11.1. The Morgan fingerprint density at radius 2 is 1.86 bits per heavy atom. The molecule has 3 aromatic rings. The Morgan fingerprint density at radius 3 is 2.67 bits per heavy atom. The van der Waals surface area contributed by atoms with Crippen molar-refractivity contribution in [1.29, 1.82) is 0 Å². The molecule has 2 fully saturated rings. The zero-order valence-corrected chi connectivity index (χ0v) is 25.6. The second-order valence-electron chi connectivity index (χ2n) is 12.4. The lowest BCUT2D eigenvalue weighted by molar-refractivity contribution is -0.121. The molecule has 2 saturated heterocycles. The molecule has 222 valence electrons. The highest BCUT2D eigenvalue weighted by atomic mass is 32.2. The third-order valence-electron chi connectivity index (χ3n) is 9.47. The van der Waals surface area contributed by atoms with Crippen molar-refractivity contribution < 1.29 is 4.79 Å². The van der Waals surface area contributed by atoms with Crippen LogP contribution in [0, 0.1) is 5.92 Å². The number of carbonyl (C=O) groups is 1. The Bertz CT molecular complexity index is 1460. The maximum absolute atomic E-state index is 13.4. The van der Waals surface area contributed by atoms with E-state index in [2.05, 4.69) is 73.1 Å². The molecule has 7 rings (SSSR count). The van der Waals surface area contributed by atoms with Gasteiger partial charge in [0.15, 0.2) is 5.65 Å². The van der Waals surface area contributed by atoms with E-state index in [1.54, 1.807) is 5.57 Å². The molecular weight excluding hydrogens is 544 g/mol. The summed E-state index contributed by atoms with van der Waals surface area (Å²) in [6, 6.07) is 6.53. The topological polar surface area (TPSA) is 81.0 Å². The molecule has 6 heterocycles. The fourth-order valence-corrected chi connectivity index (χ4v) is 8.53. The summed E-state index contributed by atoms with van der Waals surface area (Å²) in [5.41, 5.74) is 5.63. The van der Waals surface area contributed by atoms with Crippen LogP contribution in [-0.4, -0.2) is 82.8 Å². The quantitative estimate of drug-likeness (QED) is 0.423. The first-order valence-corrected chi connectivity index (χ1v) is 16.5. The van der Waals surface area contributed by atoms with Crippen LogP contribution >= 0.6 is 11.8 Å². The molecule has 1 amide bonds. The van der Waals surface area contributed by atoms with Gasteiger partial charge in [0.2, 0.25) is 5.91 Å². The van der Waals surface area contributed by atoms with Crippen LogP contribution in [0.2, 0.25) is 0 Å². The van der Waals surface area contributed by atoms with Crippen molar-refractivity contribution >= 4 is 46.2 Å². The standard InChI is InChI=1S/C32H42N8OS/c1-22-26-7-3-4-8-28(26)42-30(22)32(41)35-23-6-5-12-39(20-23)25-18-27(31-33-11-13-40(31)21-25)36-29-10-9-24(19-34-29)38-16-14-37(2)15-17-38/h9-11,13,18-19,21-23,30H,3-8,12,14-17,20H2,1-2H3,(H,34,36)(H,35,41). The van der Waals surface area contributed by atoms with Gasteiger partial charge in [-0.25, -0.2) is 9.97 Å². The van der Waals surface area contributed by atoms with Crippen molar-refractivity contribution in [2.75, 3.05) is 61.4 Å². The summed E-state index contributed by atoms with van der Waals surface area (Å²) in [5, 5.41) is 7.00. The maximum atomic E-state index is 13.4. The zero-order chi connectivity index (χ0) is 28.6. The molecule has 9 nitrogen and oxygen atoms in total. The number of rotatable bonds is 6. The highest BCUT2D eigenvalue weighted by molar-refractivity contribution is 8.04. The van der Waals surface area contributed by atoms with Crippen LogP contribution in [-0.2, 0) is 4.79 Å². The molecule has 0 aromatic carbocycles. The number of amides is 1. The van der Waals surface area contributed by atoms with Crippen molar-refractivity contribution in [3.8, 4) is 0 Å². The van der Waals surface area contributed by atoms with Crippen molar-refractivity contribution in [3.05, 3.63) is 53.5 Å². The number of nitrogens with zero attached hydrogens (tertiary/aromatic N) is 6. The second-order valence-corrected chi connectivity index (χ2v) is 13.6. The van der Waals surface area contributed by atoms with E-state index in [0.29, 0.717) is 5.92 Å². The average Bonchev–Trinajstić information content (AvgIpc) is 3.63. The first-order valence-electron chi connectivity index (χ1n) is 15.6. The number of hydrogen-bond acceptors (Lipinski definition) is 8. The Hall–Kier alpha value is -3.24. The van der Waals surface area contributed by atoms with Crippen LogP contribution in [0.3, 0.4) is 0 Å². The number of carbonyl (C=O) groups excluding carboxylic acids is 1. The molecule has 42 heavy (non-hydrogen) atoms. The van der Waals surface area contributed by atoms with Gasteiger partial charge in [-0.3, -0.25) is 4.79 Å². The Labute approximate surface area is 252 Å². The number of aromatic nitrogens is 3. The molecule has 0 radical (unpaired) electrons. The first kappa shape index (κ1) is 27.6. The lowest BCUT2D eigenvalue weighted by Gasteiger charge is -2.35. The zero-order valence-electron chi connectivity index (χ0n) is 24.8. The largest absolute Gasteiger partial charge is 0.368 e. The van der Waals surface area contributed by atoms with Gasteiger partial charge in [-0.15, -0.1) is 11.8 Å². The number of hydrogen-bond donors (Lipinski definition) is 2. The number of likely N-dealkylation sites (N-methyl/N-ethyl adjacent to an activating group) is 1. The van der Waals surface area contributed by atoms with Crippen LogP contribution < -0.4 is 20.4 Å². The maximum Gasteiger partial charge on any atom is 0.234 e. The highest BCUT2D eigenvalue weighted by Crippen LogP contribution is 2.48. The molecule has 0 saturated carbocycles. The van der Waals surface area contributed by atoms with Gasteiger partial charge in [0, 0.05) is 63.9 Å². The van der Waals surface area contributed by atoms with Gasteiger partial charge in [0.1, 0.15) is 5.82 Å². The summed E-state index contributed by atoms with van der Waals surface area (Å²) < 4.78 is 2.07. The number of piperazine rings is 1. The summed E-state index contributed by atoms with van der Waals surface area (Å²) in [5.74, 6) is 1.37. The number of fused-ring (bicyclic) bond motifs is 1. The number of anilines is 4. The smallest absolute Gasteiger partial charge is 0.234 e. The van der Waals surface area contributed by atoms with E-state index < -0.39 is 0 Å². The third kappa shape index (κ3) is 5.58. The minimum Gasteiger partial charge on any atom is -0.368 e. The van der Waals surface area contributed by atoms with E-state index in [1.807, 2.05) is 30.4 Å². The van der Waals surface area contributed by atoms with Gasteiger partial charge in [0.05, 0.1) is 28.5 Å². The lowest BCUT2D eigenvalue weighted by atomic mass is 9.88. The van der Waals surface area contributed by atoms with E-state index in [0.717, 1.165) is 87.1 Å². The van der Waals surface area contributed by atoms with Crippen LogP contribution in [0.4, 0.5) is 22.9 Å². The molecule has 3 aliphatic heterocycles. The SMILES string of the molecule is CC1C2=C(CCCC2)SC1C(=O)NC1CCCN(c2cc(Nc3ccc(N4CCN(C)CC4)cn3)c3nccn3c2)C1. The van der Waals surface area contributed by atoms with E-state index in [-0.39, 0.29) is 17.2 Å². The highest BCUT2D eigenvalue weighted by Gasteiger charge is 2.38. The molecule has 4 aliphatic rings. The summed E-state index contributed by atoms with van der Waals surface area (Å²) in [6.45, 7) is 8.22. The van der Waals surface area contributed by atoms with Crippen LogP contribution in [0.1, 0.15) is 45.4 Å². The summed E-state index contributed by atoms with van der Waals surface area (Å²) in [7, 11) is 2.17. The van der Waals surface area contributed by atoms with E-state index >= 15 is 0 Å². The monoisotopic (exact) mass is 586 g/mol. The molecular formula is C32H42N8OS. The molecule has 3 aromatic heterocycles. The van der Waals surface area contributed by atoms with Gasteiger partial charge < -0.3 is 29.7 Å². The van der Waals surface area contributed by atoms with Crippen LogP contribution in [0.25, 0.3) is 5.65 Å². The molecule has 3 unspecified atom stereocenters. The van der Waals surface area contributed by atoms with E-state index in [9.17, 15) is 4.79 Å². The van der Waals surface area contributed by atoms with Gasteiger partial charge in [-0.2, -0.15) is 0 Å². The van der Waals surface area contributed by atoms with E-state index in [4.69, 9.17) is 4.98 Å². The second kappa shape index (κ2) is 11.8. The van der Waals surface area contributed by atoms with Crippen molar-refractivity contribution in [2.24, 2.45) is 5.92 Å². The summed E-state index contributed by atoms with van der Waals surface area (Å²) >= 11 is 1.84. The van der Waals surface area contributed by atoms with Gasteiger partial charge in [-0.1, -0.05) is 12.5 Å². The minimum absolute atomic E-state index is 0.0247. The minimum atomic E-state index is 0.0247. The Kier molecular flexibility index (Phi) is 7.75. The fourth-order valence-electron chi connectivity index (χ4n) is 6.98. The Morgan fingerprint density at radius 1 is 1.00 bits per heavy atom. The molecule has 10 heteroatoms. The fraction of sp³-hybridized carbons (Fsp3) is 0.531. The first-order chi connectivity index (χ1) is 20.5. The number of thioether (sulfide) groups is 1. The predicted octanol–water partition coefficient (Wildman–Crippen LogP) is 4.89. The van der Waals surface area contributed by atoms with Crippen LogP contribution in [0.15, 0.2) is 53.5 Å². The molecule has 2 N–H and O–H groups in total. The molecule has 3 atom stereocenters. The average molecular weight is 587 g/mol. The van der Waals surface area contributed by atoms with Crippen molar-refractivity contribution in [1.82, 2.24) is 24.6 Å². The van der Waals surface area contributed by atoms with Gasteiger partial charge in [-0.05, 0) is 74.6 Å². The molecule has 1 aliphatic carbocycles. The van der Waals surface area contributed by atoms with Gasteiger partial charge >= 0.3 is 0 Å². The van der Waals surface area contributed by atoms with Gasteiger partial charge in [0.25, 0.3) is 0 Å². The number of imidazole rings is 1. The lowest BCUT2D eigenvalue weighted by Crippen LogP contribution is -2.50. The predicted molar refractivity (Wildman–Crippen MR) is 172 cm³/mol.